The third-order valence-corrected chi connectivity index (χ3v) is 4.37. The lowest BCUT2D eigenvalue weighted by Crippen LogP contribution is -1.89. The van der Waals surface area contributed by atoms with Crippen LogP contribution in [0.2, 0.25) is 10.0 Å². The van der Waals surface area contributed by atoms with Crippen molar-refractivity contribution in [3.63, 3.8) is 0 Å². The highest BCUT2D eigenvalue weighted by molar-refractivity contribution is 7.09. The van der Waals surface area contributed by atoms with Crippen molar-refractivity contribution < 1.29 is 9.84 Å². The topological polar surface area (TPSA) is 62.3 Å². The molecule has 23 heavy (non-hydrogen) atoms. The minimum Gasteiger partial charge on any atom is -0.494 e. The zero-order valence-electron chi connectivity index (χ0n) is 11.7. The molecular weight excluding hydrogens is 357 g/mol. The highest BCUT2D eigenvalue weighted by atomic mass is 35.5. The van der Waals surface area contributed by atoms with Crippen LogP contribution in [0.5, 0.6) is 17.4 Å². The average Bonchev–Trinajstić information content (AvgIpc) is 2.78. The Kier molecular flexibility index (Phi) is 4.61. The molecule has 1 aromatic heterocycles. The van der Waals surface area contributed by atoms with E-state index in [1.807, 2.05) is 12.1 Å². The van der Waals surface area contributed by atoms with Crippen LogP contribution in [0.15, 0.2) is 47.3 Å². The Balaban J connectivity index is 1.74. The van der Waals surface area contributed by atoms with Crippen LogP contribution in [0.4, 0.5) is 0 Å². The van der Waals surface area contributed by atoms with Crippen molar-refractivity contribution in [3.8, 4) is 17.4 Å². The fourth-order valence-electron chi connectivity index (χ4n) is 2.06. The van der Waals surface area contributed by atoms with Gasteiger partial charge in [0.15, 0.2) is 0 Å². The minimum absolute atomic E-state index is 0.0751. The Morgan fingerprint density at radius 1 is 1.04 bits per heavy atom. The maximum Gasteiger partial charge on any atom is 0.307 e. The Morgan fingerprint density at radius 3 is 2.26 bits per heavy atom. The summed E-state index contributed by atoms with van der Waals surface area (Å²) in [4.78, 5) is 13.9. The molecule has 3 aromatic rings. The SMILES string of the molecule is O=c1[nH]c(O)c(Cc2ccc(Oc3cc(Cl)cc(Cl)c3)cc2)s1. The number of thiazole rings is 1. The molecule has 1 heterocycles. The molecule has 0 saturated heterocycles. The lowest BCUT2D eigenvalue weighted by Gasteiger charge is -2.07. The van der Waals surface area contributed by atoms with Crippen molar-refractivity contribution in [2.45, 2.75) is 6.42 Å². The fraction of sp³-hybridized carbons (Fsp3) is 0.0625. The molecule has 0 aliphatic heterocycles. The lowest BCUT2D eigenvalue weighted by atomic mass is 10.1. The summed E-state index contributed by atoms with van der Waals surface area (Å²) in [7, 11) is 0. The summed E-state index contributed by atoms with van der Waals surface area (Å²) in [6, 6.07) is 12.3. The Labute approximate surface area is 145 Å². The molecule has 0 bridgehead atoms. The van der Waals surface area contributed by atoms with Crippen LogP contribution in [-0.2, 0) is 6.42 Å². The molecule has 0 amide bonds. The van der Waals surface area contributed by atoms with Gasteiger partial charge in [0.25, 0.3) is 0 Å². The number of benzene rings is 2. The molecule has 7 heteroatoms. The van der Waals surface area contributed by atoms with E-state index in [4.69, 9.17) is 27.9 Å². The second kappa shape index (κ2) is 6.66. The molecule has 2 N–H and O–H groups in total. The summed E-state index contributed by atoms with van der Waals surface area (Å²) < 4.78 is 5.70. The van der Waals surface area contributed by atoms with Gasteiger partial charge in [-0.3, -0.25) is 9.78 Å². The third kappa shape index (κ3) is 4.07. The molecule has 0 atom stereocenters. The molecule has 0 aliphatic rings. The molecule has 2 aromatic carbocycles. The summed E-state index contributed by atoms with van der Waals surface area (Å²) in [5.74, 6) is 1.12. The largest absolute Gasteiger partial charge is 0.494 e. The number of hydrogen-bond acceptors (Lipinski definition) is 4. The number of rotatable bonds is 4. The van der Waals surface area contributed by atoms with E-state index in [9.17, 15) is 9.90 Å². The first-order chi connectivity index (χ1) is 11.0. The molecule has 3 rings (SSSR count). The van der Waals surface area contributed by atoms with E-state index in [1.54, 1.807) is 30.3 Å². The second-order valence-electron chi connectivity index (χ2n) is 4.81. The van der Waals surface area contributed by atoms with Gasteiger partial charge in [-0.15, -0.1) is 0 Å². The van der Waals surface area contributed by atoms with Crippen molar-refractivity contribution in [2.24, 2.45) is 0 Å². The number of aromatic nitrogens is 1. The lowest BCUT2D eigenvalue weighted by molar-refractivity contribution is 0.451. The van der Waals surface area contributed by atoms with Crippen LogP contribution in [-0.4, -0.2) is 10.1 Å². The van der Waals surface area contributed by atoms with Gasteiger partial charge in [-0.1, -0.05) is 46.7 Å². The highest BCUT2D eigenvalue weighted by Crippen LogP contribution is 2.29. The van der Waals surface area contributed by atoms with Crippen LogP contribution < -0.4 is 9.61 Å². The van der Waals surface area contributed by atoms with Crippen LogP contribution in [0, 0.1) is 0 Å². The number of aromatic amines is 1. The molecule has 0 saturated carbocycles. The molecule has 4 nitrogen and oxygen atoms in total. The normalized spacial score (nSPS) is 10.7. The van der Waals surface area contributed by atoms with Crippen molar-refractivity contribution in [1.29, 1.82) is 0 Å². The fourth-order valence-corrected chi connectivity index (χ4v) is 3.32. The first-order valence-corrected chi connectivity index (χ1v) is 8.21. The summed E-state index contributed by atoms with van der Waals surface area (Å²) in [6.45, 7) is 0. The Bertz CT molecular complexity index is 867. The smallest absolute Gasteiger partial charge is 0.307 e. The van der Waals surface area contributed by atoms with Crippen LogP contribution in [0.1, 0.15) is 10.4 Å². The maximum atomic E-state index is 11.2. The molecule has 0 aliphatic carbocycles. The molecule has 0 radical (unpaired) electrons. The van der Waals surface area contributed by atoms with Crippen molar-refractivity contribution in [1.82, 2.24) is 4.98 Å². The van der Waals surface area contributed by atoms with Gasteiger partial charge in [0.1, 0.15) is 11.5 Å². The highest BCUT2D eigenvalue weighted by Gasteiger charge is 2.08. The van der Waals surface area contributed by atoms with Crippen LogP contribution >= 0.6 is 34.5 Å². The Morgan fingerprint density at radius 2 is 1.70 bits per heavy atom. The number of nitrogens with one attached hydrogen (secondary N) is 1. The van der Waals surface area contributed by atoms with E-state index in [2.05, 4.69) is 4.98 Å². The van der Waals surface area contributed by atoms with E-state index in [0.29, 0.717) is 32.8 Å². The predicted octanol–water partition coefficient (Wildman–Crippen LogP) is 4.83. The van der Waals surface area contributed by atoms with E-state index >= 15 is 0 Å². The third-order valence-electron chi connectivity index (χ3n) is 3.06. The number of H-pyrrole nitrogens is 1. The van der Waals surface area contributed by atoms with E-state index in [0.717, 1.165) is 16.9 Å². The van der Waals surface area contributed by atoms with Crippen LogP contribution in [0.3, 0.4) is 0 Å². The zero-order valence-corrected chi connectivity index (χ0v) is 14.0. The summed E-state index contributed by atoms with van der Waals surface area (Å²) in [5, 5.41) is 10.6. The van der Waals surface area contributed by atoms with Gasteiger partial charge in [0.05, 0.1) is 4.88 Å². The quantitative estimate of drug-likeness (QED) is 0.693. The van der Waals surface area contributed by atoms with Gasteiger partial charge in [0.2, 0.25) is 5.88 Å². The van der Waals surface area contributed by atoms with Gasteiger partial charge in [0, 0.05) is 16.5 Å². The monoisotopic (exact) mass is 367 g/mol. The molecule has 0 unspecified atom stereocenters. The molecular formula is C16H11Cl2NO3S. The van der Waals surface area contributed by atoms with E-state index < -0.39 is 0 Å². The number of aromatic hydroxyl groups is 1. The molecule has 0 spiro atoms. The van der Waals surface area contributed by atoms with Gasteiger partial charge in [-0.2, -0.15) is 0 Å². The predicted molar refractivity (Wildman–Crippen MR) is 92.4 cm³/mol. The van der Waals surface area contributed by atoms with E-state index in [-0.39, 0.29) is 10.8 Å². The van der Waals surface area contributed by atoms with Crippen molar-refractivity contribution in [2.75, 3.05) is 0 Å². The first kappa shape index (κ1) is 15.9. The molecule has 0 fully saturated rings. The number of hydrogen-bond donors (Lipinski definition) is 2. The molecule has 118 valence electrons. The van der Waals surface area contributed by atoms with Crippen LogP contribution in [0.25, 0.3) is 0 Å². The van der Waals surface area contributed by atoms with Gasteiger partial charge in [-0.05, 0) is 35.9 Å². The number of halogens is 2. The average molecular weight is 368 g/mol. The van der Waals surface area contributed by atoms with Gasteiger partial charge in [-0.25, -0.2) is 0 Å². The van der Waals surface area contributed by atoms with Crippen molar-refractivity contribution in [3.05, 3.63) is 72.6 Å². The zero-order chi connectivity index (χ0) is 16.4. The Hall–Kier alpha value is -1.95. The number of ether oxygens (including phenoxy) is 1. The van der Waals surface area contributed by atoms with E-state index in [1.165, 1.54) is 0 Å². The van der Waals surface area contributed by atoms with Crippen molar-refractivity contribution >= 4 is 34.5 Å². The minimum atomic E-state index is -0.268. The maximum absolute atomic E-state index is 11.2. The summed E-state index contributed by atoms with van der Waals surface area (Å²) in [6.07, 6.45) is 0.471. The summed E-state index contributed by atoms with van der Waals surface area (Å²) in [5.41, 5.74) is 0.951. The standard InChI is InChI=1S/C16H11Cl2NO3S/c17-10-6-11(18)8-13(7-10)22-12-3-1-9(2-4-12)5-14-15(20)19-16(21)23-14/h1-4,6-8,20H,5H2,(H,19,21). The van der Waals surface area contributed by atoms with Gasteiger partial charge < -0.3 is 9.84 Å². The first-order valence-electron chi connectivity index (χ1n) is 6.63. The summed E-state index contributed by atoms with van der Waals surface area (Å²) >= 11 is 12.9. The van der Waals surface area contributed by atoms with Gasteiger partial charge >= 0.3 is 4.87 Å². The second-order valence-corrected chi connectivity index (χ2v) is 6.75.